The van der Waals surface area contributed by atoms with E-state index in [1.807, 2.05) is 36.4 Å². The van der Waals surface area contributed by atoms with Gasteiger partial charge in [0, 0.05) is 12.5 Å². The average Bonchev–Trinajstić information content (AvgIpc) is 2.39. The topological polar surface area (TPSA) is 30.2 Å². The molecule has 0 saturated heterocycles. The van der Waals surface area contributed by atoms with E-state index in [1.54, 1.807) is 6.07 Å². The molecular formula is C16H18O2. The molecular weight excluding hydrogens is 224 g/mol. The molecule has 94 valence electrons. The van der Waals surface area contributed by atoms with Crippen LogP contribution >= 0.6 is 0 Å². The molecule has 2 rings (SSSR count). The van der Waals surface area contributed by atoms with E-state index < -0.39 is 0 Å². The first kappa shape index (κ1) is 12.6. The van der Waals surface area contributed by atoms with Crippen molar-refractivity contribution in [2.45, 2.75) is 32.6 Å². The van der Waals surface area contributed by atoms with Gasteiger partial charge >= 0.3 is 5.63 Å². The van der Waals surface area contributed by atoms with Crippen molar-refractivity contribution in [1.29, 1.82) is 0 Å². The third-order valence-corrected chi connectivity index (χ3v) is 2.96. The quantitative estimate of drug-likeness (QED) is 0.741. The van der Waals surface area contributed by atoms with Gasteiger partial charge in [-0.25, -0.2) is 4.79 Å². The molecule has 0 unspecified atom stereocenters. The molecule has 0 aliphatic heterocycles. The summed E-state index contributed by atoms with van der Waals surface area (Å²) >= 11 is 0. The fraction of sp³-hybridized carbons (Fsp3) is 0.312. The van der Waals surface area contributed by atoms with Crippen LogP contribution in [0.1, 0.15) is 31.9 Å². The minimum atomic E-state index is -0.261. The van der Waals surface area contributed by atoms with Gasteiger partial charge in [0.25, 0.3) is 0 Å². The zero-order chi connectivity index (χ0) is 12.8. The van der Waals surface area contributed by atoms with E-state index in [9.17, 15) is 4.79 Å². The third kappa shape index (κ3) is 3.33. The second-order valence-corrected chi connectivity index (χ2v) is 4.45. The minimum Gasteiger partial charge on any atom is -0.428 e. The standard InChI is InChI=1S/C16H18O2/c1-2-3-5-10-15-11-14(12-16(17)18-15)13-8-6-4-7-9-13/h4,6-9,11-12H,2-3,5,10H2,1H3. The molecule has 0 aliphatic carbocycles. The summed E-state index contributed by atoms with van der Waals surface area (Å²) in [6, 6.07) is 13.5. The summed E-state index contributed by atoms with van der Waals surface area (Å²) in [5.74, 6) is 0.787. The Morgan fingerprint density at radius 3 is 2.50 bits per heavy atom. The second-order valence-electron chi connectivity index (χ2n) is 4.45. The van der Waals surface area contributed by atoms with Gasteiger partial charge in [-0.05, 0) is 23.6 Å². The lowest BCUT2D eigenvalue weighted by molar-refractivity contribution is 0.451. The Bertz CT molecular complexity index is 541. The van der Waals surface area contributed by atoms with Crippen LogP contribution in [0.5, 0.6) is 0 Å². The molecule has 0 atom stereocenters. The molecule has 0 bridgehead atoms. The first-order chi connectivity index (χ1) is 8.79. The number of unbranched alkanes of at least 4 members (excludes halogenated alkanes) is 2. The van der Waals surface area contributed by atoms with Crippen LogP contribution in [0.25, 0.3) is 11.1 Å². The summed E-state index contributed by atoms with van der Waals surface area (Å²) in [5, 5.41) is 0. The number of benzene rings is 1. The maximum Gasteiger partial charge on any atom is 0.336 e. The molecule has 0 radical (unpaired) electrons. The van der Waals surface area contributed by atoms with Crippen LogP contribution in [0.15, 0.2) is 51.7 Å². The van der Waals surface area contributed by atoms with Crippen LogP contribution in [-0.2, 0) is 6.42 Å². The molecule has 0 fully saturated rings. The Balaban J connectivity index is 2.24. The van der Waals surface area contributed by atoms with Gasteiger partial charge in [0.2, 0.25) is 0 Å². The van der Waals surface area contributed by atoms with E-state index >= 15 is 0 Å². The molecule has 0 saturated carbocycles. The largest absolute Gasteiger partial charge is 0.428 e. The molecule has 1 aromatic carbocycles. The predicted octanol–water partition coefficient (Wildman–Crippen LogP) is 4.04. The van der Waals surface area contributed by atoms with Crippen LogP contribution in [0.2, 0.25) is 0 Å². The van der Waals surface area contributed by atoms with Gasteiger partial charge < -0.3 is 4.42 Å². The van der Waals surface area contributed by atoms with Crippen LogP contribution in [-0.4, -0.2) is 0 Å². The number of hydrogen-bond acceptors (Lipinski definition) is 2. The Kier molecular flexibility index (Phi) is 4.35. The Morgan fingerprint density at radius 2 is 1.78 bits per heavy atom. The zero-order valence-electron chi connectivity index (χ0n) is 10.7. The number of hydrogen-bond donors (Lipinski definition) is 0. The Morgan fingerprint density at radius 1 is 1.00 bits per heavy atom. The molecule has 18 heavy (non-hydrogen) atoms. The molecule has 1 heterocycles. The monoisotopic (exact) mass is 242 g/mol. The highest BCUT2D eigenvalue weighted by Crippen LogP contribution is 2.19. The highest BCUT2D eigenvalue weighted by Gasteiger charge is 2.03. The van der Waals surface area contributed by atoms with Crippen molar-refractivity contribution in [2.75, 3.05) is 0 Å². The van der Waals surface area contributed by atoms with E-state index in [4.69, 9.17) is 4.42 Å². The van der Waals surface area contributed by atoms with Crippen molar-refractivity contribution in [3.63, 3.8) is 0 Å². The van der Waals surface area contributed by atoms with Crippen LogP contribution in [0, 0.1) is 0 Å². The van der Waals surface area contributed by atoms with Gasteiger partial charge in [-0.3, -0.25) is 0 Å². The minimum absolute atomic E-state index is 0.261. The van der Waals surface area contributed by atoms with Crippen molar-refractivity contribution >= 4 is 0 Å². The molecule has 2 aromatic rings. The van der Waals surface area contributed by atoms with E-state index in [1.165, 1.54) is 12.8 Å². The van der Waals surface area contributed by atoms with Gasteiger partial charge in [-0.2, -0.15) is 0 Å². The van der Waals surface area contributed by atoms with Crippen LogP contribution in [0.3, 0.4) is 0 Å². The van der Waals surface area contributed by atoms with Gasteiger partial charge in [-0.15, -0.1) is 0 Å². The molecule has 2 nitrogen and oxygen atoms in total. The van der Waals surface area contributed by atoms with Crippen molar-refractivity contribution in [3.05, 3.63) is 58.6 Å². The summed E-state index contributed by atoms with van der Waals surface area (Å²) in [6.45, 7) is 2.16. The molecule has 1 aromatic heterocycles. The van der Waals surface area contributed by atoms with Gasteiger partial charge in [0.05, 0.1) is 0 Å². The normalized spacial score (nSPS) is 10.5. The van der Waals surface area contributed by atoms with Crippen molar-refractivity contribution in [3.8, 4) is 11.1 Å². The van der Waals surface area contributed by atoms with Gasteiger partial charge in [0.1, 0.15) is 5.76 Å². The number of rotatable bonds is 5. The van der Waals surface area contributed by atoms with Crippen LogP contribution in [0.4, 0.5) is 0 Å². The second kappa shape index (κ2) is 6.20. The van der Waals surface area contributed by atoms with Gasteiger partial charge in [-0.1, -0.05) is 50.1 Å². The third-order valence-electron chi connectivity index (χ3n) is 2.96. The fourth-order valence-corrected chi connectivity index (χ4v) is 2.00. The molecule has 2 heteroatoms. The SMILES string of the molecule is CCCCCc1cc(-c2ccccc2)cc(=O)o1. The van der Waals surface area contributed by atoms with Crippen molar-refractivity contribution < 1.29 is 4.42 Å². The Hall–Kier alpha value is -1.83. The summed E-state index contributed by atoms with van der Waals surface area (Å²) in [7, 11) is 0. The van der Waals surface area contributed by atoms with E-state index in [0.717, 1.165) is 29.7 Å². The number of aryl methyl sites for hydroxylation is 1. The zero-order valence-corrected chi connectivity index (χ0v) is 10.7. The molecule has 0 N–H and O–H groups in total. The lowest BCUT2D eigenvalue weighted by Crippen LogP contribution is -2.01. The first-order valence-electron chi connectivity index (χ1n) is 6.49. The lowest BCUT2D eigenvalue weighted by atomic mass is 10.1. The average molecular weight is 242 g/mol. The summed E-state index contributed by atoms with van der Waals surface area (Å²) < 4.78 is 5.23. The maximum atomic E-state index is 11.6. The smallest absolute Gasteiger partial charge is 0.336 e. The molecule has 0 aliphatic rings. The van der Waals surface area contributed by atoms with E-state index in [0.29, 0.717) is 0 Å². The highest BCUT2D eigenvalue weighted by molar-refractivity contribution is 5.62. The highest BCUT2D eigenvalue weighted by atomic mass is 16.4. The van der Waals surface area contributed by atoms with Crippen LogP contribution < -0.4 is 5.63 Å². The summed E-state index contributed by atoms with van der Waals surface area (Å²) in [6.07, 6.45) is 4.24. The van der Waals surface area contributed by atoms with Crippen molar-refractivity contribution in [1.82, 2.24) is 0 Å². The fourth-order valence-electron chi connectivity index (χ4n) is 2.00. The van der Waals surface area contributed by atoms with Gasteiger partial charge in [0.15, 0.2) is 0 Å². The first-order valence-corrected chi connectivity index (χ1v) is 6.49. The lowest BCUT2D eigenvalue weighted by Gasteiger charge is -2.04. The maximum absolute atomic E-state index is 11.6. The van der Waals surface area contributed by atoms with Crippen molar-refractivity contribution in [2.24, 2.45) is 0 Å². The molecule has 0 amide bonds. The van der Waals surface area contributed by atoms with E-state index in [2.05, 4.69) is 6.92 Å². The predicted molar refractivity (Wildman–Crippen MR) is 73.6 cm³/mol. The Labute approximate surface area is 107 Å². The van der Waals surface area contributed by atoms with E-state index in [-0.39, 0.29) is 5.63 Å². The summed E-state index contributed by atoms with van der Waals surface area (Å²) in [5.41, 5.74) is 1.74. The summed E-state index contributed by atoms with van der Waals surface area (Å²) in [4.78, 5) is 11.6. The molecule has 0 spiro atoms.